The molecule has 0 aliphatic heterocycles. The second-order valence-electron chi connectivity index (χ2n) is 1.53. The first-order chi connectivity index (χ1) is 5.89. The van der Waals surface area contributed by atoms with Crippen molar-refractivity contribution in [2.75, 3.05) is 0 Å². The van der Waals surface area contributed by atoms with Gasteiger partial charge >= 0.3 is 27.6 Å². The Morgan fingerprint density at radius 3 is 1.14 bits per heavy atom. The molecule has 3 N–H and O–H groups in total. The number of aliphatic carboxylic acids is 2. The van der Waals surface area contributed by atoms with Crippen molar-refractivity contribution in [3.8, 4) is 0 Å². The van der Waals surface area contributed by atoms with E-state index in [0.29, 0.717) is 0 Å². The van der Waals surface area contributed by atoms with Crippen LogP contribution in [0.3, 0.4) is 0 Å². The zero-order chi connectivity index (χ0) is 12.2. The average molecular weight is 240 g/mol. The smallest absolute Gasteiger partial charge is 0.473 e. The first kappa shape index (κ1) is 15.1. The minimum absolute atomic E-state index is 1.82. The molecule has 11 heteroatoms. The van der Waals surface area contributed by atoms with Crippen LogP contribution in [0.15, 0.2) is 0 Å². The molecule has 0 saturated heterocycles. The third-order valence-electron chi connectivity index (χ3n) is 0.475. The van der Waals surface area contributed by atoms with Gasteiger partial charge in [-0.3, -0.25) is 4.55 Å². The molecule has 0 saturated carbocycles. The van der Waals surface area contributed by atoms with Gasteiger partial charge in [0.2, 0.25) is 0 Å². The van der Waals surface area contributed by atoms with Crippen LogP contribution in [0.5, 0.6) is 0 Å². The predicted molar refractivity (Wildman–Crippen MR) is 32.9 cm³/mol. The Kier molecular flexibility index (Phi) is 5.14. The molecule has 7 nitrogen and oxygen atoms in total. The Hall–Kier alpha value is -1.36. The lowest BCUT2D eigenvalue weighted by Crippen LogP contribution is -2.21. The molecule has 0 aromatic rings. The Morgan fingerprint density at radius 2 is 1.14 bits per heavy atom. The molecule has 0 spiro atoms. The summed E-state index contributed by atoms with van der Waals surface area (Å²) in [5, 5.41) is 14.8. The maximum absolute atomic E-state index is 10.7. The molecule has 0 aromatic heterocycles. The Labute approximate surface area is 74.5 Å². The quantitative estimate of drug-likeness (QED) is 0.297. The summed E-state index contributed by atoms with van der Waals surface area (Å²) in [5.41, 5.74) is -5.53. The highest BCUT2D eigenvalue weighted by molar-refractivity contribution is 7.86. The van der Waals surface area contributed by atoms with E-state index < -0.39 is 27.6 Å². The molecule has 0 aromatic carbocycles. The van der Waals surface area contributed by atoms with Crippen LogP contribution in [0, 0.1) is 0 Å². The predicted octanol–water partition coefficient (Wildman–Crippen LogP) is -0.450. The van der Waals surface area contributed by atoms with Gasteiger partial charge in [-0.2, -0.15) is 21.6 Å². The van der Waals surface area contributed by atoms with Gasteiger partial charge in [0.05, 0.1) is 0 Å². The lowest BCUT2D eigenvalue weighted by Gasteiger charge is -1.97. The maximum atomic E-state index is 10.7. The molecule has 0 aliphatic carbocycles. The van der Waals surface area contributed by atoms with Crippen molar-refractivity contribution in [2.24, 2.45) is 0 Å². The highest BCUT2D eigenvalue weighted by atomic mass is 32.2. The topological polar surface area (TPSA) is 129 Å². The minimum atomic E-state index is -5.84. The minimum Gasteiger partial charge on any atom is -0.473 e. The van der Waals surface area contributed by atoms with Gasteiger partial charge in [0.1, 0.15) is 0 Å². The number of halogens is 3. The number of alkyl halides is 3. The summed E-state index contributed by atoms with van der Waals surface area (Å²) in [5.74, 6) is -3.65. The molecule has 0 amide bonds. The molecule has 0 bridgehead atoms. The van der Waals surface area contributed by atoms with E-state index in [1.165, 1.54) is 0 Å². The monoisotopic (exact) mass is 240 g/mol. The van der Waals surface area contributed by atoms with Crippen LogP contribution in [0.4, 0.5) is 13.2 Å². The van der Waals surface area contributed by atoms with Crippen LogP contribution in [0.2, 0.25) is 0 Å². The van der Waals surface area contributed by atoms with E-state index in [0.717, 1.165) is 0 Å². The number of hydrogen-bond donors (Lipinski definition) is 3. The van der Waals surface area contributed by atoms with E-state index in [4.69, 9.17) is 32.8 Å². The van der Waals surface area contributed by atoms with Crippen molar-refractivity contribution in [3.63, 3.8) is 0 Å². The van der Waals surface area contributed by atoms with E-state index >= 15 is 0 Å². The lowest BCUT2D eigenvalue weighted by atomic mass is 10.7. The largest absolute Gasteiger partial charge is 0.522 e. The SMILES string of the molecule is O=C(O)C(=O)O.O=S(=O)(O)C(F)(F)F. The summed E-state index contributed by atoms with van der Waals surface area (Å²) < 4.78 is 57.5. The lowest BCUT2D eigenvalue weighted by molar-refractivity contribution is -0.159. The van der Waals surface area contributed by atoms with Crippen molar-refractivity contribution >= 4 is 22.1 Å². The van der Waals surface area contributed by atoms with Gasteiger partial charge in [-0.25, -0.2) is 9.59 Å². The van der Waals surface area contributed by atoms with Crippen molar-refractivity contribution < 1.29 is 45.9 Å². The second kappa shape index (κ2) is 4.76. The van der Waals surface area contributed by atoms with E-state index in [1.807, 2.05) is 0 Å². The molecule has 0 fully saturated rings. The Morgan fingerprint density at radius 1 is 1.00 bits per heavy atom. The van der Waals surface area contributed by atoms with Crippen LogP contribution in [-0.2, 0) is 19.7 Å². The molecule has 0 rings (SSSR count). The normalized spacial score (nSPS) is 11.1. The number of carbonyl (C=O) groups is 2. The molecular weight excluding hydrogens is 237 g/mol. The Bertz CT molecular complexity index is 302. The summed E-state index contributed by atoms with van der Waals surface area (Å²) in [7, 11) is -5.84. The van der Waals surface area contributed by atoms with Crippen LogP contribution in [0.1, 0.15) is 0 Å². The number of hydrogen-bond acceptors (Lipinski definition) is 4. The van der Waals surface area contributed by atoms with Crippen LogP contribution >= 0.6 is 0 Å². The van der Waals surface area contributed by atoms with Crippen LogP contribution < -0.4 is 0 Å². The fourth-order valence-corrected chi connectivity index (χ4v) is 0. The standard InChI is InChI=1S/C2H2O4.CHF3O3S/c3-1(4)2(5)6;2-1(3,4)8(5,6)7/h(H,3,4)(H,5,6);(H,5,6,7). The van der Waals surface area contributed by atoms with Gasteiger partial charge < -0.3 is 10.2 Å². The third kappa shape index (κ3) is 7.30. The molecule has 84 valence electrons. The van der Waals surface area contributed by atoms with Crippen molar-refractivity contribution in [2.45, 2.75) is 5.51 Å². The molecule has 14 heavy (non-hydrogen) atoms. The third-order valence-corrected chi connectivity index (χ3v) is 1.06. The van der Waals surface area contributed by atoms with Gasteiger partial charge in [-0.15, -0.1) is 0 Å². The average Bonchev–Trinajstić information content (AvgIpc) is 1.83. The van der Waals surface area contributed by atoms with Crippen molar-refractivity contribution in [1.29, 1.82) is 0 Å². The van der Waals surface area contributed by atoms with E-state index in [9.17, 15) is 13.2 Å². The first-order valence-corrected chi connectivity index (χ1v) is 3.83. The molecular formula is C3H3F3O7S. The van der Waals surface area contributed by atoms with E-state index in [2.05, 4.69) is 0 Å². The van der Waals surface area contributed by atoms with Crippen LogP contribution in [0.25, 0.3) is 0 Å². The summed E-state index contributed by atoms with van der Waals surface area (Å²) in [6, 6.07) is 0. The van der Waals surface area contributed by atoms with Gasteiger partial charge in [0.15, 0.2) is 0 Å². The second-order valence-corrected chi connectivity index (χ2v) is 2.94. The van der Waals surface area contributed by atoms with Gasteiger partial charge in [0, 0.05) is 0 Å². The summed E-state index contributed by atoms with van der Waals surface area (Å²) >= 11 is 0. The number of rotatable bonds is 0. The first-order valence-electron chi connectivity index (χ1n) is 2.39. The summed E-state index contributed by atoms with van der Waals surface area (Å²) in [6.07, 6.45) is 0. The van der Waals surface area contributed by atoms with Crippen molar-refractivity contribution in [1.82, 2.24) is 0 Å². The highest BCUT2D eigenvalue weighted by Gasteiger charge is 2.44. The molecule has 0 atom stereocenters. The van der Waals surface area contributed by atoms with Crippen molar-refractivity contribution in [3.05, 3.63) is 0 Å². The summed E-state index contributed by atoms with van der Waals surface area (Å²) in [4.78, 5) is 18.2. The molecule has 0 heterocycles. The van der Waals surface area contributed by atoms with Gasteiger partial charge in [-0.05, 0) is 0 Å². The van der Waals surface area contributed by atoms with E-state index in [-0.39, 0.29) is 0 Å². The Balaban J connectivity index is 0. The summed E-state index contributed by atoms with van der Waals surface area (Å²) in [6.45, 7) is 0. The fourth-order valence-electron chi connectivity index (χ4n) is 0. The fraction of sp³-hybridized carbons (Fsp3) is 0.333. The van der Waals surface area contributed by atoms with Crippen LogP contribution in [-0.4, -0.2) is 40.6 Å². The highest BCUT2D eigenvalue weighted by Crippen LogP contribution is 2.20. The number of carboxylic acids is 2. The zero-order valence-electron chi connectivity index (χ0n) is 6.02. The van der Waals surface area contributed by atoms with Gasteiger partial charge in [-0.1, -0.05) is 0 Å². The molecule has 0 radical (unpaired) electrons. The van der Waals surface area contributed by atoms with Gasteiger partial charge in [0.25, 0.3) is 0 Å². The zero-order valence-corrected chi connectivity index (χ0v) is 6.83. The number of carboxylic acid groups (broad SMARTS) is 2. The van der Waals surface area contributed by atoms with E-state index in [1.54, 1.807) is 0 Å². The maximum Gasteiger partial charge on any atom is 0.522 e. The molecule has 0 unspecified atom stereocenters. The molecule has 0 aliphatic rings.